The second-order valence-electron chi connectivity index (χ2n) is 10.4. The fraction of sp³-hybridized carbons (Fsp3) is 0.226. The molecule has 1 aliphatic carbocycles. The molecule has 5 rings (SSSR count). The van der Waals surface area contributed by atoms with Crippen LogP contribution in [0.25, 0.3) is 22.3 Å². The van der Waals surface area contributed by atoms with Crippen LogP contribution in [0.1, 0.15) is 45.7 Å². The van der Waals surface area contributed by atoms with Crippen molar-refractivity contribution in [2.75, 3.05) is 4.90 Å². The maximum atomic E-state index is 15.9. The van der Waals surface area contributed by atoms with Gasteiger partial charge in [0, 0.05) is 16.6 Å². The summed E-state index contributed by atoms with van der Waals surface area (Å²) < 4.78 is 15.9. The number of halogens is 1. The predicted octanol–water partition coefficient (Wildman–Crippen LogP) is 8.74. The number of hydrogen-bond acceptors (Lipinski definition) is 1. The Bertz CT molecular complexity index is 1330. The summed E-state index contributed by atoms with van der Waals surface area (Å²) in [6, 6.07) is 31.0. The summed E-state index contributed by atoms with van der Waals surface area (Å²) in [5.41, 5.74) is 7.96. The van der Waals surface area contributed by atoms with Crippen LogP contribution < -0.4 is 4.90 Å². The summed E-state index contributed by atoms with van der Waals surface area (Å²) in [7, 11) is 0. The number of anilines is 2. The lowest BCUT2D eigenvalue weighted by Crippen LogP contribution is -2.38. The SMILES string of the molecule is CC1(C)c2ccccc2-c2cc(N(c3cccc(-c4ccccc4)c3)C(C)(C)C)c(F)cc21. The molecule has 0 N–H and O–H groups in total. The first-order valence-corrected chi connectivity index (χ1v) is 11.6. The molecule has 1 nitrogen and oxygen atoms in total. The van der Waals surface area contributed by atoms with Gasteiger partial charge in [-0.2, -0.15) is 0 Å². The quantitative estimate of drug-likeness (QED) is 0.311. The van der Waals surface area contributed by atoms with E-state index < -0.39 is 0 Å². The second kappa shape index (κ2) is 7.59. The zero-order valence-corrected chi connectivity index (χ0v) is 20.0. The van der Waals surface area contributed by atoms with Crippen molar-refractivity contribution in [1.82, 2.24) is 0 Å². The molecular weight excluding hydrogens is 405 g/mol. The van der Waals surface area contributed by atoms with E-state index in [1.54, 1.807) is 6.07 Å². The van der Waals surface area contributed by atoms with Crippen LogP contribution >= 0.6 is 0 Å². The van der Waals surface area contributed by atoms with E-state index in [4.69, 9.17) is 0 Å². The van der Waals surface area contributed by atoms with Crippen molar-refractivity contribution in [1.29, 1.82) is 0 Å². The summed E-state index contributed by atoms with van der Waals surface area (Å²) in [6.07, 6.45) is 0. The molecule has 2 heteroatoms. The Labute approximate surface area is 196 Å². The van der Waals surface area contributed by atoms with Crippen molar-refractivity contribution in [3.8, 4) is 22.3 Å². The van der Waals surface area contributed by atoms with Gasteiger partial charge in [-0.3, -0.25) is 0 Å². The number of rotatable bonds is 3. The number of fused-ring (bicyclic) bond motifs is 3. The Morgan fingerprint density at radius 2 is 1.33 bits per heavy atom. The van der Waals surface area contributed by atoms with Gasteiger partial charge in [0.25, 0.3) is 0 Å². The molecule has 0 radical (unpaired) electrons. The first kappa shape index (κ1) is 21.5. The van der Waals surface area contributed by atoms with Crippen LogP contribution in [0.2, 0.25) is 0 Å². The first-order valence-electron chi connectivity index (χ1n) is 11.6. The molecule has 0 amide bonds. The van der Waals surface area contributed by atoms with Crippen molar-refractivity contribution in [3.05, 3.63) is 108 Å². The van der Waals surface area contributed by atoms with Gasteiger partial charge >= 0.3 is 0 Å². The Kier molecular flexibility index (Phi) is 4.93. The van der Waals surface area contributed by atoms with Gasteiger partial charge in [-0.1, -0.05) is 80.6 Å². The van der Waals surface area contributed by atoms with Crippen LogP contribution in [0.5, 0.6) is 0 Å². The Hall–Kier alpha value is -3.39. The monoisotopic (exact) mass is 435 g/mol. The molecule has 0 saturated heterocycles. The van der Waals surface area contributed by atoms with Crippen molar-refractivity contribution < 1.29 is 4.39 Å². The van der Waals surface area contributed by atoms with Crippen LogP contribution in [0.4, 0.5) is 15.8 Å². The molecule has 4 aromatic rings. The highest BCUT2D eigenvalue weighted by Crippen LogP contribution is 2.51. The zero-order valence-electron chi connectivity index (χ0n) is 20.0. The van der Waals surface area contributed by atoms with Gasteiger partial charge in [-0.05, 0) is 78.4 Å². The molecule has 0 saturated carbocycles. The standard InChI is InChI=1S/C31H30FN/c1-30(2,3)33(23-15-11-14-22(18-23)21-12-7-6-8-13-21)29-19-25-24-16-9-10-17-26(24)31(4,5)27(25)20-28(29)32/h6-20H,1-5H3. The summed E-state index contributed by atoms with van der Waals surface area (Å²) in [5, 5.41) is 0. The molecule has 0 bridgehead atoms. The molecular formula is C31H30FN. The van der Waals surface area contributed by atoms with Crippen molar-refractivity contribution in [2.24, 2.45) is 0 Å². The Morgan fingerprint density at radius 1 is 0.667 bits per heavy atom. The molecule has 166 valence electrons. The van der Waals surface area contributed by atoms with Gasteiger partial charge in [-0.15, -0.1) is 0 Å². The van der Waals surface area contributed by atoms with Crippen LogP contribution in [0.3, 0.4) is 0 Å². The van der Waals surface area contributed by atoms with E-state index in [0.717, 1.165) is 27.9 Å². The Morgan fingerprint density at radius 3 is 2.06 bits per heavy atom. The van der Waals surface area contributed by atoms with Crippen molar-refractivity contribution in [2.45, 2.75) is 45.6 Å². The van der Waals surface area contributed by atoms with E-state index >= 15 is 4.39 Å². The summed E-state index contributed by atoms with van der Waals surface area (Å²) in [4.78, 5) is 2.13. The second-order valence-corrected chi connectivity index (χ2v) is 10.4. The number of hydrogen-bond donors (Lipinski definition) is 0. The molecule has 4 aromatic carbocycles. The predicted molar refractivity (Wildman–Crippen MR) is 138 cm³/mol. The van der Waals surface area contributed by atoms with E-state index in [1.807, 2.05) is 18.2 Å². The maximum Gasteiger partial charge on any atom is 0.147 e. The van der Waals surface area contributed by atoms with Crippen molar-refractivity contribution >= 4 is 11.4 Å². The van der Waals surface area contributed by atoms with Gasteiger partial charge in [0.05, 0.1) is 5.69 Å². The number of nitrogens with zero attached hydrogens (tertiary/aromatic N) is 1. The van der Waals surface area contributed by atoms with Crippen LogP contribution in [0.15, 0.2) is 91.0 Å². The smallest absolute Gasteiger partial charge is 0.147 e. The van der Waals surface area contributed by atoms with E-state index in [1.165, 1.54) is 11.1 Å². The van der Waals surface area contributed by atoms with E-state index in [0.29, 0.717) is 5.69 Å². The maximum absolute atomic E-state index is 15.9. The molecule has 0 aliphatic heterocycles. The molecule has 0 unspecified atom stereocenters. The highest BCUT2D eigenvalue weighted by atomic mass is 19.1. The summed E-state index contributed by atoms with van der Waals surface area (Å²) in [6.45, 7) is 10.8. The minimum Gasteiger partial charge on any atom is -0.334 e. The van der Waals surface area contributed by atoms with Gasteiger partial charge in [-0.25, -0.2) is 4.39 Å². The summed E-state index contributed by atoms with van der Waals surface area (Å²) in [5.74, 6) is -0.185. The Balaban J connectivity index is 1.70. The molecule has 0 fully saturated rings. The minimum absolute atomic E-state index is 0.185. The van der Waals surface area contributed by atoms with E-state index in [2.05, 4.69) is 106 Å². The normalized spacial score (nSPS) is 14.0. The van der Waals surface area contributed by atoms with E-state index in [-0.39, 0.29) is 16.8 Å². The average molecular weight is 436 g/mol. The highest BCUT2D eigenvalue weighted by Gasteiger charge is 2.37. The molecule has 0 spiro atoms. The first-order chi connectivity index (χ1) is 15.7. The van der Waals surface area contributed by atoms with E-state index in [9.17, 15) is 0 Å². The lowest BCUT2D eigenvalue weighted by molar-refractivity contribution is 0.539. The highest BCUT2D eigenvalue weighted by molar-refractivity contribution is 5.85. The third-order valence-corrected chi connectivity index (χ3v) is 6.77. The summed E-state index contributed by atoms with van der Waals surface area (Å²) >= 11 is 0. The fourth-order valence-corrected chi connectivity index (χ4v) is 5.22. The molecule has 33 heavy (non-hydrogen) atoms. The lowest BCUT2D eigenvalue weighted by atomic mass is 9.82. The van der Waals surface area contributed by atoms with Gasteiger partial charge in [0.1, 0.15) is 5.82 Å². The topological polar surface area (TPSA) is 3.24 Å². The third-order valence-electron chi connectivity index (χ3n) is 6.77. The molecule has 0 aromatic heterocycles. The molecule has 0 atom stereocenters. The number of benzene rings is 4. The lowest BCUT2D eigenvalue weighted by Gasteiger charge is -2.38. The molecule has 0 heterocycles. The van der Waals surface area contributed by atoms with Gasteiger partial charge in [0.15, 0.2) is 0 Å². The van der Waals surface area contributed by atoms with Crippen LogP contribution in [0, 0.1) is 5.82 Å². The van der Waals surface area contributed by atoms with Gasteiger partial charge in [0.2, 0.25) is 0 Å². The van der Waals surface area contributed by atoms with Crippen LogP contribution in [-0.2, 0) is 5.41 Å². The van der Waals surface area contributed by atoms with Gasteiger partial charge < -0.3 is 4.90 Å². The van der Waals surface area contributed by atoms with Crippen molar-refractivity contribution in [3.63, 3.8) is 0 Å². The minimum atomic E-state index is -0.321. The average Bonchev–Trinajstić information content (AvgIpc) is 3.01. The largest absolute Gasteiger partial charge is 0.334 e. The third kappa shape index (κ3) is 3.54. The van der Waals surface area contributed by atoms with Crippen LogP contribution in [-0.4, -0.2) is 5.54 Å². The fourth-order valence-electron chi connectivity index (χ4n) is 5.22. The molecule has 1 aliphatic rings. The zero-order chi connectivity index (χ0) is 23.4.